The summed E-state index contributed by atoms with van der Waals surface area (Å²) in [6.07, 6.45) is -0.0923. The van der Waals surface area contributed by atoms with Crippen molar-refractivity contribution in [2.75, 3.05) is 11.9 Å². The number of nitro benzene ring substituents is 1. The van der Waals surface area contributed by atoms with E-state index in [1.807, 2.05) is 36.4 Å². The van der Waals surface area contributed by atoms with E-state index in [0.717, 1.165) is 5.56 Å². The van der Waals surface area contributed by atoms with Crippen molar-refractivity contribution in [2.45, 2.75) is 12.5 Å². The summed E-state index contributed by atoms with van der Waals surface area (Å²) < 4.78 is 0. The van der Waals surface area contributed by atoms with Crippen molar-refractivity contribution < 1.29 is 10.0 Å². The number of benzene rings is 2. The molecule has 112 valence electrons. The molecule has 2 N–H and O–H groups in total. The van der Waals surface area contributed by atoms with Crippen LogP contribution in [0.15, 0.2) is 48.5 Å². The van der Waals surface area contributed by atoms with Gasteiger partial charge in [-0.2, -0.15) is 5.26 Å². The maximum atomic E-state index is 10.8. The number of nitriles is 1. The second-order valence-corrected chi connectivity index (χ2v) is 4.74. The molecule has 0 fully saturated rings. The summed E-state index contributed by atoms with van der Waals surface area (Å²) in [5, 5.41) is 32.8. The predicted octanol–water partition coefficient (Wildman–Crippen LogP) is 3.00. The Hall–Kier alpha value is -2.91. The van der Waals surface area contributed by atoms with Gasteiger partial charge in [-0.25, -0.2) is 0 Å². The Bertz CT molecular complexity index is 696. The molecule has 0 aliphatic heterocycles. The smallest absolute Gasteiger partial charge is 0.287 e. The van der Waals surface area contributed by atoms with Gasteiger partial charge < -0.3 is 10.4 Å². The van der Waals surface area contributed by atoms with Crippen LogP contribution in [0.1, 0.15) is 23.7 Å². The van der Waals surface area contributed by atoms with Crippen molar-refractivity contribution in [3.63, 3.8) is 0 Å². The van der Waals surface area contributed by atoms with E-state index in [0.29, 0.717) is 18.7 Å². The summed E-state index contributed by atoms with van der Waals surface area (Å²) in [7, 11) is 0. The van der Waals surface area contributed by atoms with Crippen molar-refractivity contribution in [1.29, 1.82) is 5.26 Å². The van der Waals surface area contributed by atoms with E-state index in [9.17, 15) is 15.2 Å². The number of nitrogens with one attached hydrogen (secondary N) is 1. The highest BCUT2D eigenvalue weighted by Gasteiger charge is 2.13. The minimum Gasteiger partial charge on any atom is -0.388 e. The first-order chi connectivity index (χ1) is 10.6. The van der Waals surface area contributed by atoms with Gasteiger partial charge in [0, 0.05) is 18.3 Å². The molecule has 2 aromatic rings. The normalized spacial score (nSPS) is 11.5. The summed E-state index contributed by atoms with van der Waals surface area (Å²) in [6.45, 7) is 0.485. The summed E-state index contributed by atoms with van der Waals surface area (Å²) >= 11 is 0. The summed E-state index contributed by atoms with van der Waals surface area (Å²) in [4.78, 5) is 10.2. The SMILES string of the molecule is N#Cc1cc(NCC[C@@H](O)c2ccccc2)ccc1[N+](=O)[O-]. The minimum absolute atomic E-state index is 0.0126. The van der Waals surface area contributed by atoms with Crippen molar-refractivity contribution in [1.82, 2.24) is 0 Å². The average Bonchev–Trinajstić information content (AvgIpc) is 2.55. The number of rotatable bonds is 6. The minimum atomic E-state index is -0.582. The van der Waals surface area contributed by atoms with Crippen molar-refractivity contribution in [2.24, 2.45) is 0 Å². The number of nitro groups is 1. The van der Waals surface area contributed by atoms with Crippen molar-refractivity contribution >= 4 is 11.4 Å². The van der Waals surface area contributed by atoms with Crippen LogP contribution in [0, 0.1) is 21.4 Å². The Labute approximate surface area is 127 Å². The summed E-state index contributed by atoms with van der Waals surface area (Å²) in [6, 6.07) is 15.4. The molecule has 0 saturated heterocycles. The van der Waals surface area contributed by atoms with Crippen molar-refractivity contribution in [3.05, 3.63) is 69.8 Å². The molecule has 1 atom stereocenters. The Morgan fingerprint density at radius 1 is 1.27 bits per heavy atom. The maximum absolute atomic E-state index is 10.8. The van der Waals surface area contributed by atoms with Crippen LogP contribution in [0.2, 0.25) is 0 Å². The van der Waals surface area contributed by atoms with Crippen LogP contribution in [-0.2, 0) is 0 Å². The molecule has 6 heteroatoms. The monoisotopic (exact) mass is 297 g/mol. The van der Waals surface area contributed by atoms with Crippen LogP contribution in [-0.4, -0.2) is 16.6 Å². The second-order valence-electron chi connectivity index (χ2n) is 4.74. The molecular formula is C16H15N3O3. The molecule has 0 saturated carbocycles. The molecule has 0 spiro atoms. The molecule has 0 aliphatic carbocycles. The molecule has 0 heterocycles. The van der Waals surface area contributed by atoms with E-state index in [4.69, 9.17) is 5.26 Å². The average molecular weight is 297 g/mol. The lowest BCUT2D eigenvalue weighted by molar-refractivity contribution is -0.385. The third-order valence-electron chi connectivity index (χ3n) is 3.24. The van der Waals surface area contributed by atoms with Gasteiger partial charge in [-0.05, 0) is 24.1 Å². The molecule has 0 radical (unpaired) electrons. The van der Waals surface area contributed by atoms with Gasteiger partial charge in [0.05, 0.1) is 11.0 Å². The fourth-order valence-corrected chi connectivity index (χ4v) is 2.09. The van der Waals surface area contributed by atoms with Gasteiger partial charge in [-0.3, -0.25) is 10.1 Å². The largest absolute Gasteiger partial charge is 0.388 e. The molecule has 0 aliphatic rings. The molecule has 0 unspecified atom stereocenters. The van der Waals surface area contributed by atoms with Crippen LogP contribution >= 0.6 is 0 Å². The van der Waals surface area contributed by atoms with E-state index in [-0.39, 0.29) is 11.3 Å². The van der Waals surface area contributed by atoms with Gasteiger partial charge >= 0.3 is 0 Å². The highest BCUT2D eigenvalue weighted by Crippen LogP contribution is 2.22. The van der Waals surface area contributed by atoms with E-state index in [1.54, 1.807) is 6.07 Å². The molecule has 2 aromatic carbocycles. The number of nitrogens with zero attached hydrogens (tertiary/aromatic N) is 2. The van der Waals surface area contributed by atoms with Crippen LogP contribution < -0.4 is 5.32 Å². The second kappa shape index (κ2) is 7.20. The van der Waals surface area contributed by atoms with Gasteiger partial charge in [0.1, 0.15) is 11.6 Å². The zero-order valence-corrected chi connectivity index (χ0v) is 11.8. The zero-order valence-electron chi connectivity index (χ0n) is 11.8. The lowest BCUT2D eigenvalue weighted by Crippen LogP contribution is -2.08. The number of aliphatic hydroxyl groups is 1. The number of aliphatic hydroxyl groups excluding tert-OH is 1. The molecule has 0 aromatic heterocycles. The standard InChI is InChI=1S/C16H15N3O3/c17-11-13-10-14(6-7-15(13)19(21)22)18-9-8-16(20)12-4-2-1-3-5-12/h1-7,10,16,18,20H,8-9H2/t16-/m1/s1. The highest BCUT2D eigenvalue weighted by molar-refractivity contribution is 5.58. The lowest BCUT2D eigenvalue weighted by atomic mass is 10.1. The van der Waals surface area contributed by atoms with Gasteiger partial charge in [0.25, 0.3) is 5.69 Å². The van der Waals surface area contributed by atoms with Crippen LogP contribution in [0.3, 0.4) is 0 Å². The molecule has 6 nitrogen and oxygen atoms in total. The zero-order chi connectivity index (χ0) is 15.9. The predicted molar refractivity (Wildman–Crippen MR) is 82.3 cm³/mol. The number of hydrogen-bond acceptors (Lipinski definition) is 5. The third kappa shape index (κ3) is 3.81. The molecule has 0 bridgehead atoms. The Morgan fingerprint density at radius 2 is 2.00 bits per heavy atom. The van der Waals surface area contributed by atoms with E-state index < -0.39 is 11.0 Å². The van der Waals surface area contributed by atoms with Crippen LogP contribution in [0.4, 0.5) is 11.4 Å². The fraction of sp³-hybridized carbons (Fsp3) is 0.188. The van der Waals surface area contributed by atoms with E-state index >= 15 is 0 Å². The van der Waals surface area contributed by atoms with Gasteiger partial charge in [0.2, 0.25) is 0 Å². The Kier molecular flexibility index (Phi) is 5.07. The first kappa shape index (κ1) is 15.5. The highest BCUT2D eigenvalue weighted by atomic mass is 16.6. The van der Waals surface area contributed by atoms with Gasteiger partial charge in [-0.1, -0.05) is 30.3 Å². The first-order valence-corrected chi connectivity index (χ1v) is 6.77. The fourth-order valence-electron chi connectivity index (χ4n) is 2.09. The van der Waals surface area contributed by atoms with Crippen LogP contribution in [0.25, 0.3) is 0 Å². The first-order valence-electron chi connectivity index (χ1n) is 6.77. The maximum Gasteiger partial charge on any atom is 0.287 e. The van der Waals surface area contributed by atoms with Crippen LogP contribution in [0.5, 0.6) is 0 Å². The molecule has 0 amide bonds. The number of hydrogen-bond donors (Lipinski definition) is 2. The van der Waals surface area contributed by atoms with Gasteiger partial charge in [-0.15, -0.1) is 0 Å². The lowest BCUT2D eigenvalue weighted by Gasteiger charge is -2.12. The van der Waals surface area contributed by atoms with Gasteiger partial charge in [0.15, 0.2) is 0 Å². The Balaban J connectivity index is 1.95. The third-order valence-corrected chi connectivity index (χ3v) is 3.24. The molecular weight excluding hydrogens is 282 g/mol. The van der Waals surface area contributed by atoms with Crippen molar-refractivity contribution in [3.8, 4) is 6.07 Å². The number of anilines is 1. The summed E-state index contributed by atoms with van der Waals surface area (Å²) in [5.41, 5.74) is 1.25. The molecule has 2 rings (SSSR count). The quantitative estimate of drug-likeness (QED) is 0.630. The van der Waals surface area contributed by atoms with E-state index in [2.05, 4.69) is 5.32 Å². The molecule has 22 heavy (non-hydrogen) atoms. The Morgan fingerprint density at radius 3 is 2.64 bits per heavy atom. The summed E-state index contributed by atoms with van der Waals surface area (Å²) in [5.74, 6) is 0. The van der Waals surface area contributed by atoms with E-state index in [1.165, 1.54) is 12.1 Å². The topological polar surface area (TPSA) is 99.2 Å².